The number of carbonyl (C=O) groups excluding carboxylic acids is 3. The minimum atomic E-state index is -0.775. The molecule has 0 spiro atoms. The first kappa shape index (κ1) is 65.9. The number of carbonyl (C=O) groups is 3. The zero-order valence-corrected chi connectivity index (χ0v) is 45.9. The van der Waals surface area contributed by atoms with Crippen LogP contribution in [0.5, 0.6) is 0 Å². The summed E-state index contributed by atoms with van der Waals surface area (Å²) in [4.78, 5) is 38.2. The number of hydrogen-bond acceptors (Lipinski definition) is 6. The summed E-state index contributed by atoms with van der Waals surface area (Å²) < 4.78 is 16.9. The van der Waals surface area contributed by atoms with Crippen molar-refractivity contribution in [3.05, 3.63) is 24.3 Å². The first-order chi connectivity index (χ1) is 33.5. The van der Waals surface area contributed by atoms with Crippen LogP contribution in [-0.2, 0) is 28.6 Å². The van der Waals surface area contributed by atoms with Crippen molar-refractivity contribution in [2.45, 2.75) is 341 Å². The Morgan fingerprint density at radius 2 is 0.485 bits per heavy atom. The molecule has 0 aliphatic heterocycles. The van der Waals surface area contributed by atoms with Crippen LogP contribution in [-0.4, -0.2) is 37.2 Å². The number of hydrogen-bond donors (Lipinski definition) is 0. The van der Waals surface area contributed by atoms with E-state index in [9.17, 15) is 14.4 Å². The Kier molecular flexibility index (Phi) is 55.7. The Balaban J connectivity index is 4.26. The van der Waals surface area contributed by atoms with Crippen LogP contribution >= 0.6 is 0 Å². The van der Waals surface area contributed by atoms with E-state index in [1.54, 1.807) is 0 Å². The Labute approximate surface area is 423 Å². The molecule has 6 nitrogen and oxygen atoms in total. The highest BCUT2D eigenvalue weighted by atomic mass is 16.6. The van der Waals surface area contributed by atoms with Gasteiger partial charge in [-0.15, -0.1) is 0 Å². The predicted octanol–water partition coefficient (Wildman–Crippen LogP) is 20.3. The molecular formula is C62H116O6. The van der Waals surface area contributed by atoms with Gasteiger partial charge in [0, 0.05) is 19.3 Å². The molecule has 0 radical (unpaired) electrons. The number of rotatable bonds is 56. The van der Waals surface area contributed by atoms with Gasteiger partial charge < -0.3 is 14.2 Å². The van der Waals surface area contributed by atoms with Gasteiger partial charge in [-0.1, -0.05) is 270 Å². The van der Waals surface area contributed by atoms with Gasteiger partial charge in [0.1, 0.15) is 13.2 Å². The van der Waals surface area contributed by atoms with Crippen LogP contribution in [0.15, 0.2) is 24.3 Å². The minimum Gasteiger partial charge on any atom is -0.462 e. The molecular weight excluding hydrogens is 841 g/mol. The highest BCUT2D eigenvalue weighted by molar-refractivity contribution is 5.71. The van der Waals surface area contributed by atoms with Crippen molar-refractivity contribution in [3.8, 4) is 0 Å². The van der Waals surface area contributed by atoms with Gasteiger partial charge in [-0.2, -0.15) is 0 Å². The van der Waals surface area contributed by atoms with Crippen molar-refractivity contribution in [2.75, 3.05) is 13.2 Å². The Bertz CT molecular complexity index is 1100. The topological polar surface area (TPSA) is 78.9 Å². The summed E-state index contributed by atoms with van der Waals surface area (Å²) in [7, 11) is 0. The average molecular weight is 958 g/mol. The fourth-order valence-corrected chi connectivity index (χ4v) is 9.08. The lowest BCUT2D eigenvalue weighted by molar-refractivity contribution is -0.167. The molecule has 0 aliphatic carbocycles. The summed E-state index contributed by atoms with van der Waals surface area (Å²) in [5.74, 6) is -0.870. The SMILES string of the molecule is CCCCC/C=C\CCCCCCCC(=O)OCC(COC(=O)CCCCCCCCCCCCCCCCCCCCCCCC)OC(=O)CCCCCCC/C=C\CCCCCCCCC. The van der Waals surface area contributed by atoms with E-state index in [1.807, 2.05) is 0 Å². The van der Waals surface area contributed by atoms with Crippen molar-refractivity contribution in [3.63, 3.8) is 0 Å². The zero-order valence-electron chi connectivity index (χ0n) is 45.9. The van der Waals surface area contributed by atoms with Gasteiger partial charge >= 0.3 is 17.9 Å². The molecule has 1 atom stereocenters. The molecule has 1 unspecified atom stereocenters. The maximum absolute atomic E-state index is 12.9. The van der Waals surface area contributed by atoms with Crippen LogP contribution in [0.25, 0.3) is 0 Å². The molecule has 0 saturated carbocycles. The maximum Gasteiger partial charge on any atom is 0.306 e. The Morgan fingerprint density at radius 1 is 0.279 bits per heavy atom. The molecule has 68 heavy (non-hydrogen) atoms. The molecule has 0 amide bonds. The highest BCUT2D eigenvalue weighted by Crippen LogP contribution is 2.17. The van der Waals surface area contributed by atoms with Crippen molar-refractivity contribution in [1.82, 2.24) is 0 Å². The van der Waals surface area contributed by atoms with E-state index in [-0.39, 0.29) is 31.1 Å². The van der Waals surface area contributed by atoms with E-state index in [4.69, 9.17) is 14.2 Å². The number of ether oxygens (including phenoxy) is 3. The first-order valence-corrected chi connectivity index (χ1v) is 30.3. The molecule has 0 saturated heterocycles. The van der Waals surface area contributed by atoms with Crippen molar-refractivity contribution >= 4 is 17.9 Å². The number of allylic oxidation sites excluding steroid dienone is 4. The first-order valence-electron chi connectivity index (χ1n) is 30.3. The fraction of sp³-hybridized carbons (Fsp3) is 0.887. The van der Waals surface area contributed by atoms with Crippen LogP contribution in [0.2, 0.25) is 0 Å². The molecule has 0 heterocycles. The summed E-state index contributed by atoms with van der Waals surface area (Å²) in [6.07, 6.45) is 67.5. The van der Waals surface area contributed by atoms with Gasteiger partial charge in [0.05, 0.1) is 0 Å². The lowest BCUT2D eigenvalue weighted by Gasteiger charge is -2.18. The largest absolute Gasteiger partial charge is 0.462 e. The van der Waals surface area contributed by atoms with Crippen molar-refractivity contribution in [1.29, 1.82) is 0 Å². The lowest BCUT2D eigenvalue weighted by Crippen LogP contribution is -2.30. The lowest BCUT2D eigenvalue weighted by atomic mass is 10.0. The highest BCUT2D eigenvalue weighted by Gasteiger charge is 2.19. The van der Waals surface area contributed by atoms with Crippen LogP contribution in [0.1, 0.15) is 335 Å². The van der Waals surface area contributed by atoms with E-state index in [2.05, 4.69) is 45.1 Å². The second-order valence-electron chi connectivity index (χ2n) is 20.6. The fourth-order valence-electron chi connectivity index (χ4n) is 9.08. The van der Waals surface area contributed by atoms with Crippen LogP contribution in [0, 0.1) is 0 Å². The Hall–Kier alpha value is -2.11. The normalized spacial score (nSPS) is 12.1. The molecule has 0 rings (SSSR count). The van der Waals surface area contributed by atoms with Gasteiger partial charge in [0.25, 0.3) is 0 Å². The van der Waals surface area contributed by atoms with E-state index in [0.717, 1.165) is 70.6 Å². The van der Waals surface area contributed by atoms with Crippen LogP contribution in [0.4, 0.5) is 0 Å². The molecule has 6 heteroatoms. The smallest absolute Gasteiger partial charge is 0.306 e. The third kappa shape index (κ3) is 54.8. The number of esters is 3. The monoisotopic (exact) mass is 957 g/mol. The maximum atomic E-state index is 12.9. The van der Waals surface area contributed by atoms with Gasteiger partial charge in [-0.3, -0.25) is 14.4 Å². The molecule has 400 valence electrons. The summed E-state index contributed by atoms with van der Waals surface area (Å²) in [6, 6.07) is 0. The molecule has 0 aromatic rings. The zero-order chi connectivity index (χ0) is 49.3. The summed E-state index contributed by atoms with van der Waals surface area (Å²) in [5, 5.41) is 0. The summed E-state index contributed by atoms with van der Waals surface area (Å²) in [6.45, 7) is 6.65. The second kappa shape index (κ2) is 57.5. The molecule has 0 N–H and O–H groups in total. The summed E-state index contributed by atoms with van der Waals surface area (Å²) in [5.41, 5.74) is 0. The standard InChI is InChI=1S/C62H116O6/c1-4-7-10-13-16-19-22-25-27-29-30-31-32-33-34-36-37-40-43-46-49-52-55-61(64)67-58-59(57-66-60(63)54-51-48-45-42-39-24-21-18-15-12-9-6-3)68-62(65)56-53-50-47-44-41-38-35-28-26-23-20-17-14-11-8-5-2/h18,21,28,35,59H,4-17,19-20,22-27,29-34,36-58H2,1-3H3/b21-18-,35-28-. The van der Waals surface area contributed by atoms with Crippen LogP contribution in [0.3, 0.4) is 0 Å². The quantitative estimate of drug-likeness (QED) is 0.0262. The van der Waals surface area contributed by atoms with Gasteiger partial charge in [-0.25, -0.2) is 0 Å². The predicted molar refractivity (Wildman–Crippen MR) is 293 cm³/mol. The Morgan fingerprint density at radius 3 is 0.765 bits per heavy atom. The van der Waals surface area contributed by atoms with Gasteiger partial charge in [-0.05, 0) is 70.6 Å². The van der Waals surface area contributed by atoms with Gasteiger partial charge in [0.15, 0.2) is 6.10 Å². The van der Waals surface area contributed by atoms with Gasteiger partial charge in [0.2, 0.25) is 0 Å². The average Bonchev–Trinajstić information content (AvgIpc) is 3.34. The van der Waals surface area contributed by atoms with E-state index < -0.39 is 6.10 Å². The molecule has 0 aromatic heterocycles. The van der Waals surface area contributed by atoms with E-state index in [0.29, 0.717) is 19.3 Å². The number of unbranched alkanes of at least 4 members (excludes halogenated alkanes) is 41. The molecule has 0 aromatic carbocycles. The summed E-state index contributed by atoms with van der Waals surface area (Å²) >= 11 is 0. The van der Waals surface area contributed by atoms with Crippen molar-refractivity contribution < 1.29 is 28.6 Å². The molecule has 0 fully saturated rings. The molecule has 0 aliphatic rings. The van der Waals surface area contributed by atoms with E-state index in [1.165, 1.54) is 225 Å². The van der Waals surface area contributed by atoms with Crippen LogP contribution < -0.4 is 0 Å². The minimum absolute atomic E-state index is 0.0727. The third-order valence-electron chi connectivity index (χ3n) is 13.7. The third-order valence-corrected chi connectivity index (χ3v) is 13.7. The van der Waals surface area contributed by atoms with Crippen molar-refractivity contribution in [2.24, 2.45) is 0 Å². The van der Waals surface area contributed by atoms with E-state index >= 15 is 0 Å². The molecule has 0 bridgehead atoms. The second-order valence-corrected chi connectivity index (χ2v) is 20.6.